The molecular weight excluding hydrogens is 298 g/mol. The van der Waals surface area contributed by atoms with Crippen molar-refractivity contribution in [1.29, 1.82) is 0 Å². The number of likely N-dealkylation sites (tertiary alicyclic amines) is 1. The summed E-state index contributed by atoms with van der Waals surface area (Å²) in [6, 6.07) is 8.91. The van der Waals surface area contributed by atoms with Crippen molar-refractivity contribution in [1.82, 2.24) is 9.80 Å². The largest absolute Gasteiger partial charge is 0.396 e. The van der Waals surface area contributed by atoms with E-state index >= 15 is 0 Å². The van der Waals surface area contributed by atoms with Crippen molar-refractivity contribution in [3.63, 3.8) is 0 Å². The van der Waals surface area contributed by atoms with Crippen LogP contribution in [0, 0.1) is 5.92 Å². The lowest BCUT2D eigenvalue weighted by Gasteiger charge is -2.38. The molecule has 2 fully saturated rings. The van der Waals surface area contributed by atoms with Gasteiger partial charge in [-0.1, -0.05) is 25.1 Å². The molecule has 4 nitrogen and oxygen atoms in total. The van der Waals surface area contributed by atoms with Crippen molar-refractivity contribution in [2.45, 2.75) is 32.7 Å². The third kappa shape index (κ3) is 4.50. The number of aliphatic hydroxyl groups is 1. The SMILES string of the molecule is CCCN1CCN(c2ccccc2CN2CCCC(CO)C2)CC1. The monoisotopic (exact) mass is 331 g/mol. The first-order valence-electron chi connectivity index (χ1n) is 9.68. The van der Waals surface area contributed by atoms with E-state index in [0.717, 1.165) is 32.7 Å². The van der Waals surface area contributed by atoms with Gasteiger partial charge in [0.15, 0.2) is 0 Å². The Balaban J connectivity index is 1.63. The minimum Gasteiger partial charge on any atom is -0.396 e. The van der Waals surface area contributed by atoms with Crippen LogP contribution in [-0.2, 0) is 6.54 Å². The summed E-state index contributed by atoms with van der Waals surface area (Å²) in [6.07, 6.45) is 3.63. The predicted octanol–water partition coefficient (Wildman–Crippen LogP) is 2.42. The third-order valence-electron chi connectivity index (χ3n) is 5.50. The molecular formula is C20H33N3O. The molecule has 0 radical (unpaired) electrons. The van der Waals surface area contributed by atoms with Crippen molar-refractivity contribution in [3.8, 4) is 0 Å². The highest BCUT2D eigenvalue weighted by Crippen LogP contribution is 2.25. The second kappa shape index (κ2) is 8.84. The van der Waals surface area contributed by atoms with Crippen LogP contribution in [0.3, 0.4) is 0 Å². The van der Waals surface area contributed by atoms with E-state index in [-0.39, 0.29) is 0 Å². The highest BCUT2D eigenvalue weighted by molar-refractivity contribution is 5.54. The molecule has 0 aromatic heterocycles. The molecule has 1 unspecified atom stereocenters. The van der Waals surface area contributed by atoms with Crippen LogP contribution >= 0.6 is 0 Å². The van der Waals surface area contributed by atoms with Gasteiger partial charge in [-0.05, 0) is 49.9 Å². The van der Waals surface area contributed by atoms with E-state index in [0.29, 0.717) is 12.5 Å². The number of hydrogen-bond acceptors (Lipinski definition) is 4. The number of benzene rings is 1. The Kier molecular flexibility index (Phi) is 6.52. The minimum atomic E-state index is 0.331. The van der Waals surface area contributed by atoms with Gasteiger partial charge in [0.2, 0.25) is 0 Å². The van der Waals surface area contributed by atoms with E-state index in [1.165, 1.54) is 50.1 Å². The van der Waals surface area contributed by atoms with Crippen LogP contribution in [0.1, 0.15) is 31.7 Å². The Morgan fingerprint density at radius 2 is 1.83 bits per heavy atom. The molecule has 1 atom stereocenters. The van der Waals surface area contributed by atoms with E-state index in [1.54, 1.807) is 0 Å². The number of para-hydroxylation sites is 1. The summed E-state index contributed by atoms with van der Waals surface area (Å²) in [6.45, 7) is 11.7. The molecule has 24 heavy (non-hydrogen) atoms. The number of nitrogens with zero attached hydrogens (tertiary/aromatic N) is 3. The van der Waals surface area contributed by atoms with Gasteiger partial charge in [0.25, 0.3) is 0 Å². The van der Waals surface area contributed by atoms with E-state index in [4.69, 9.17) is 0 Å². The molecule has 0 amide bonds. The zero-order valence-electron chi connectivity index (χ0n) is 15.2. The molecule has 134 valence electrons. The third-order valence-corrected chi connectivity index (χ3v) is 5.50. The Morgan fingerprint density at radius 1 is 1.04 bits per heavy atom. The summed E-state index contributed by atoms with van der Waals surface area (Å²) >= 11 is 0. The summed E-state index contributed by atoms with van der Waals surface area (Å²) in [7, 11) is 0. The Labute approximate surface area is 147 Å². The van der Waals surface area contributed by atoms with Gasteiger partial charge < -0.3 is 10.0 Å². The molecule has 2 aliphatic rings. The normalized spacial score (nSPS) is 23.6. The fourth-order valence-corrected chi connectivity index (χ4v) is 4.17. The van der Waals surface area contributed by atoms with Crippen LogP contribution in [0.4, 0.5) is 5.69 Å². The molecule has 1 aromatic rings. The summed E-state index contributed by atoms with van der Waals surface area (Å²) in [5.41, 5.74) is 2.86. The zero-order chi connectivity index (χ0) is 16.8. The number of aliphatic hydroxyl groups excluding tert-OH is 1. The van der Waals surface area contributed by atoms with E-state index < -0.39 is 0 Å². The number of anilines is 1. The van der Waals surface area contributed by atoms with Crippen LogP contribution < -0.4 is 4.90 Å². The van der Waals surface area contributed by atoms with Gasteiger partial charge in [0, 0.05) is 51.6 Å². The topological polar surface area (TPSA) is 30.0 Å². The van der Waals surface area contributed by atoms with Gasteiger partial charge in [-0.15, -0.1) is 0 Å². The van der Waals surface area contributed by atoms with Crippen molar-refractivity contribution >= 4 is 5.69 Å². The van der Waals surface area contributed by atoms with Gasteiger partial charge in [0.1, 0.15) is 0 Å². The Hall–Kier alpha value is -1.10. The van der Waals surface area contributed by atoms with Crippen LogP contribution in [0.25, 0.3) is 0 Å². The highest BCUT2D eigenvalue weighted by Gasteiger charge is 2.22. The average Bonchev–Trinajstić information content (AvgIpc) is 2.63. The summed E-state index contributed by atoms with van der Waals surface area (Å²) < 4.78 is 0. The van der Waals surface area contributed by atoms with Crippen LogP contribution in [0.5, 0.6) is 0 Å². The standard InChI is InChI=1S/C20H33N3O/c1-2-9-21-11-13-23(14-12-21)20-8-4-3-7-19(20)16-22-10-5-6-18(15-22)17-24/h3-4,7-8,18,24H,2,5-6,9-17H2,1H3. The molecule has 0 spiro atoms. The van der Waals surface area contributed by atoms with Crippen molar-refractivity contribution in [3.05, 3.63) is 29.8 Å². The maximum atomic E-state index is 9.46. The summed E-state index contributed by atoms with van der Waals surface area (Å²) in [5, 5.41) is 9.46. The smallest absolute Gasteiger partial charge is 0.0471 e. The van der Waals surface area contributed by atoms with E-state index in [9.17, 15) is 5.11 Å². The second-order valence-electron chi connectivity index (χ2n) is 7.38. The highest BCUT2D eigenvalue weighted by atomic mass is 16.3. The summed E-state index contributed by atoms with van der Waals surface area (Å²) in [5.74, 6) is 0.462. The second-order valence-corrected chi connectivity index (χ2v) is 7.38. The number of piperazine rings is 1. The van der Waals surface area contributed by atoms with Gasteiger partial charge >= 0.3 is 0 Å². The Morgan fingerprint density at radius 3 is 2.58 bits per heavy atom. The maximum Gasteiger partial charge on any atom is 0.0471 e. The van der Waals surface area contributed by atoms with Gasteiger partial charge in [0.05, 0.1) is 0 Å². The number of rotatable bonds is 6. The minimum absolute atomic E-state index is 0.331. The van der Waals surface area contributed by atoms with Crippen LogP contribution in [-0.4, -0.2) is 67.3 Å². The fourth-order valence-electron chi connectivity index (χ4n) is 4.17. The molecule has 0 aliphatic carbocycles. The summed E-state index contributed by atoms with van der Waals surface area (Å²) in [4.78, 5) is 7.67. The van der Waals surface area contributed by atoms with Crippen molar-refractivity contribution in [2.75, 3.05) is 57.3 Å². The number of piperidine rings is 1. The molecule has 3 rings (SSSR count). The van der Waals surface area contributed by atoms with E-state index in [2.05, 4.69) is 45.9 Å². The van der Waals surface area contributed by atoms with E-state index in [1.807, 2.05) is 0 Å². The average molecular weight is 332 g/mol. The predicted molar refractivity (Wildman–Crippen MR) is 100 cm³/mol. The molecule has 2 saturated heterocycles. The lowest BCUT2D eigenvalue weighted by molar-refractivity contribution is 0.116. The lowest BCUT2D eigenvalue weighted by atomic mass is 9.98. The molecule has 4 heteroatoms. The van der Waals surface area contributed by atoms with Gasteiger partial charge in [-0.2, -0.15) is 0 Å². The maximum absolute atomic E-state index is 9.46. The lowest BCUT2D eigenvalue weighted by Crippen LogP contribution is -2.47. The first-order valence-corrected chi connectivity index (χ1v) is 9.68. The molecule has 1 N–H and O–H groups in total. The zero-order valence-corrected chi connectivity index (χ0v) is 15.2. The molecule has 2 aliphatic heterocycles. The van der Waals surface area contributed by atoms with Crippen molar-refractivity contribution in [2.24, 2.45) is 5.92 Å². The fraction of sp³-hybridized carbons (Fsp3) is 0.700. The molecule has 0 bridgehead atoms. The Bertz CT molecular complexity index is 499. The first kappa shape index (κ1) is 17.7. The molecule has 0 saturated carbocycles. The van der Waals surface area contributed by atoms with Gasteiger partial charge in [-0.3, -0.25) is 9.80 Å². The van der Waals surface area contributed by atoms with Gasteiger partial charge in [-0.25, -0.2) is 0 Å². The quantitative estimate of drug-likeness (QED) is 0.867. The number of hydrogen-bond donors (Lipinski definition) is 1. The molecule has 2 heterocycles. The molecule has 1 aromatic carbocycles. The van der Waals surface area contributed by atoms with Crippen molar-refractivity contribution < 1.29 is 5.11 Å². The first-order chi connectivity index (χ1) is 11.8. The van der Waals surface area contributed by atoms with Crippen LogP contribution in [0.2, 0.25) is 0 Å². The van der Waals surface area contributed by atoms with Crippen LogP contribution in [0.15, 0.2) is 24.3 Å².